The Morgan fingerprint density at radius 3 is 2.70 bits per heavy atom. The van der Waals surface area contributed by atoms with E-state index in [1.807, 2.05) is 6.92 Å². The van der Waals surface area contributed by atoms with Crippen molar-refractivity contribution in [1.82, 2.24) is 5.32 Å². The third-order valence-corrected chi connectivity index (χ3v) is 5.18. The summed E-state index contributed by atoms with van der Waals surface area (Å²) in [5, 5.41) is 7.95. The SMILES string of the molecule is CC1(N)CCCCC1C(=O)NCc1cccc(S(N)(=O)=O)c1.Cl. The summed E-state index contributed by atoms with van der Waals surface area (Å²) < 4.78 is 22.7. The minimum absolute atomic E-state index is 0. The lowest BCUT2D eigenvalue weighted by Crippen LogP contribution is -2.52. The molecule has 6 nitrogen and oxygen atoms in total. The normalized spacial score (nSPS) is 24.6. The van der Waals surface area contributed by atoms with Crippen LogP contribution in [0.3, 0.4) is 0 Å². The number of carbonyl (C=O) groups is 1. The van der Waals surface area contributed by atoms with Gasteiger partial charge in [0.2, 0.25) is 15.9 Å². The van der Waals surface area contributed by atoms with Crippen molar-refractivity contribution in [2.24, 2.45) is 16.8 Å². The summed E-state index contributed by atoms with van der Waals surface area (Å²) in [5.41, 5.74) is 6.42. The lowest BCUT2D eigenvalue weighted by molar-refractivity contribution is -0.128. The first-order valence-electron chi connectivity index (χ1n) is 7.38. The standard InChI is InChI=1S/C15H23N3O3S.ClH/c1-15(16)8-3-2-7-13(15)14(19)18-10-11-5-4-6-12(9-11)22(17,20)21;/h4-6,9,13H,2-3,7-8,10,16H2,1H3,(H,18,19)(H2,17,20,21);1H. The molecule has 2 rings (SSSR count). The van der Waals surface area contributed by atoms with Crippen LogP contribution in [0.25, 0.3) is 0 Å². The molecule has 1 amide bonds. The molecule has 1 aliphatic rings. The first-order valence-corrected chi connectivity index (χ1v) is 8.93. The average molecular weight is 362 g/mol. The Labute approximate surface area is 143 Å². The maximum absolute atomic E-state index is 12.3. The number of carbonyl (C=O) groups excluding carboxylic acids is 1. The molecule has 8 heteroatoms. The predicted molar refractivity (Wildman–Crippen MR) is 91.5 cm³/mol. The van der Waals surface area contributed by atoms with Crippen molar-refractivity contribution < 1.29 is 13.2 Å². The molecular weight excluding hydrogens is 338 g/mol. The Bertz CT molecular complexity index is 662. The number of halogens is 1. The molecule has 0 aliphatic heterocycles. The van der Waals surface area contributed by atoms with Gasteiger partial charge in [0.05, 0.1) is 10.8 Å². The molecule has 0 spiro atoms. The number of primary sulfonamides is 1. The summed E-state index contributed by atoms with van der Waals surface area (Å²) in [6.45, 7) is 2.17. The summed E-state index contributed by atoms with van der Waals surface area (Å²) >= 11 is 0. The highest BCUT2D eigenvalue weighted by atomic mass is 35.5. The van der Waals surface area contributed by atoms with Gasteiger partial charge in [0, 0.05) is 12.1 Å². The number of nitrogens with two attached hydrogens (primary N) is 2. The highest BCUT2D eigenvalue weighted by Crippen LogP contribution is 2.31. The number of rotatable bonds is 4. The zero-order valence-electron chi connectivity index (χ0n) is 13.1. The molecule has 0 heterocycles. The van der Waals surface area contributed by atoms with E-state index in [0.29, 0.717) is 5.56 Å². The van der Waals surface area contributed by atoms with E-state index < -0.39 is 15.6 Å². The molecule has 0 bridgehead atoms. The minimum atomic E-state index is -3.74. The molecule has 130 valence electrons. The third kappa shape index (κ3) is 5.17. The molecule has 23 heavy (non-hydrogen) atoms. The first kappa shape index (κ1) is 19.9. The molecule has 1 fully saturated rings. The number of benzene rings is 1. The van der Waals surface area contributed by atoms with E-state index in [9.17, 15) is 13.2 Å². The van der Waals surface area contributed by atoms with Crippen molar-refractivity contribution in [3.8, 4) is 0 Å². The summed E-state index contributed by atoms with van der Waals surface area (Å²) in [7, 11) is -3.74. The monoisotopic (exact) mass is 361 g/mol. The van der Waals surface area contributed by atoms with E-state index in [4.69, 9.17) is 10.9 Å². The van der Waals surface area contributed by atoms with Crippen LogP contribution < -0.4 is 16.2 Å². The Morgan fingerprint density at radius 1 is 1.39 bits per heavy atom. The Balaban J connectivity index is 0.00000264. The van der Waals surface area contributed by atoms with Gasteiger partial charge in [-0.25, -0.2) is 13.6 Å². The van der Waals surface area contributed by atoms with Gasteiger partial charge in [-0.2, -0.15) is 0 Å². The van der Waals surface area contributed by atoms with E-state index in [1.165, 1.54) is 12.1 Å². The van der Waals surface area contributed by atoms with Gasteiger partial charge in [-0.05, 0) is 37.5 Å². The second-order valence-corrected chi connectivity index (χ2v) is 7.78. The van der Waals surface area contributed by atoms with E-state index in [1.54, 1.807) is 12.1 Å². The fourth-order valence-electron chi connectivity index (χ4n) is 2.93. The van der Waals surface area contributed by atoms with E-state index >= 15 is 0 Å². The van der Waals surface area contributed by atoms with Crippen molar-refractivity contribution in [3.05, 3.63) is 29.8 Å². The second kappa shape index (κ2) is 7.61. The fraction of sp³-hybridized carbons (Fsp3) is 0.533. The van der Waals surface area contributed by atoms with Gasteiger partial charge in [0.1, 0.15) is 0 Å². The van der Waals surface area contributed by atoms with Crippen molar-refractivity contribution >= 4 is 28.3 Å². The highest BCUT2D eigenvalue weighted by molar-refractivity contribution is 7.89. The van der Waals surface area contributed by atoms with Gasteiger partial charge in [0.25, 0.3) is 0 Å². The predicted octanol–water partition coefficient (Wildman–Crippen LogP) is 1.28. The molecule has 1 saturated carbocycles. The smallest absolute Gasteiger partial charge is 0.238 e. The molecule has 0 radical (unpaired) electrons. The molecule has 1 aromatic carbocycles. The molecule has 0 saturated heterocycles. The maximum Gasteiger partial charge on any atom is 0.238 e. The summed E-state index contributed by atoms with van der Waals surface area (Å²) in [5.74, 6) is -0.284. The lowest BCUT2D eigenvalue weighted by Gasteiger charge is -2.37. The topological polar surface area (TPSA) is 115 Å². The van der Waals surface area contributed by atoms with E-state index in [-0.39, 0.29) is 35.7 Å². The fourth-order valence-corrected chi connectivity index (χ4v) is 3.52. The van der Waals surface area contributed by atoms with Crippen molar-refractivity contribution in [3.63, 3.8) is 0 Å². The molecule has 2 atom stereocenters. The summed E-state index contributed by atoms with van der Waals surface area (Å²) in [4.78, 5) is 12.4. The Hall–Kier alpha value is -1.15. The van der Waals surface area contributed by atoms with Gasteiger partial charge < -0.3 is 11.1 Å². The van der Waals surface area contributed by atoms with Crippen molar-refractivity contribution in [2.75, 3.05) is 0 Å². The van der Waals surface area contributed by atoms with Crippen molar-refractivity contribution in [1.29, 1.82) is 0 Å². The number of sulfonamides is 1. The minimum Gasteiger partial charge on any atom is -0.352 e. The van der Waals surface area contributed by atoms with Crippen LogP contribution >= 0.6 is 12.4 Å². The zero-order chi connectivity index (χ0) is 16.4. The van der Waals surface area contributed by atoms with Gasteiger partial charge in [-0.3, -0.25) is 4.79 Å². The van der Waals surface area contributed by atoms with Gasteiger partial charge >= 0.3 is 0 Å². The Morgan fingerprint density at radius 2 is 2.09 bits per heavy atom. The van der Waals surface area contributed by atoms with Gasteiger partial charge in [-0.1, -0.05) is 25.0 Å². The number of hydrogen-bond donors (Lipinski definition) is 3. The van der Waals surface area contributed by atoms with E-state index in [2.05, 4.69) is 5.32 Å². The van der Waals surface area contributed by atoms with Crippen LogP contribution in [0.15, 0.2) is 29.2 Å². The quantitative estimate of drug-likeness (QED) is 0.749. The largest absolute Gasteiger partial charge is 0.352 e. The van der Waals surface area contributed by atoms with Crippen LogP contribution in [0.1, 0.15) is 38.2 Å². The first-order chi connectivity index (χ1) is 10.2. The molecule has 1 aromatic rings. The zero-order valence-corrected chi connectivity index (χ0v) is 14.8. The number of hydrogen-bond acceptors (Lipinski definition) is 4. The average Bonchev–Trinajstić information content (AvgIpc) is 2.44. The molecule has 5 N–H and O–H groups in total. The molecular formula is C15H24ClN3O3S. The highest BCUT2D eigenvalue weighted by Gasteiger charge is 2.37. The Kier molecular flexibility index (Phi) is 6.59. The number of amides is 1. The van der Waals surface area contributed by atoms with Crippen molar-refractivity contribution in [2.45, 2.75) is 49.6 Å². The maximum atomic E-state index is 12.3. The molecule has 2 unspecified atom stereocenters. The lowest BCUT2D eigenvalue weighted by atomic mass is 9.74. The molecule has 1 aliphatic carbocycles. The van der Waals surface area contributed by atoms with Crippen LogP contribution in [0.5, 0.6) is 0 Å². The van der Waals surface area contributed by atoms with Crippen LogP contribution in [0.2, 0.25) is 0 Å². The summed E-state index contributed by atoms with van der Waals surface area (Å²) in [6, 6.07) is 6.25. The van der Waals surface area contributed by atoms with Crippen LogP contribution in [0, 0.1) is 5.92 Å². The van der Waals surface area contributed by atoms with Gasteiger partial charge in [0.15, 0.2) is 0 Å². The van der Waals surface area contributed by atoms with Crippen LogP contribution in [-0.4, -0.2) is 19.9 Å². The number of nitrogens with one attached hydrogen (secondary N) is 1. The van der Waals surface area contributed by atoms with E-state index in [0.717, 1.165) is 25.7 Å². The van der Waals surface area contributed by atoms with Crippen LogP contribution in [0.4, 0.5) is 0 Å². The second-order valence-electron chi connectivity index (χ2n) is 6.21. The van der Waals surface area contributed by atoms with Crippen LogP contribution in [-0.2, 0) is 21.4 Å². The summed E-state index contributed by atoms with van der Waals surface area (Å²) in [6.07, 6.45) is 3.68. The third-order valence-electron chi connectivity index (χ3n) is 4.26. The van der Waals surface area contributed by atoms with Gasteiger partial charge in [-0.15, -0.1) is 12.4 Å². The molecule has 0 aromatic heterocycles.